The van der Waals surface area contributed by atoms with Gasteiger partial charge in [-0.25, -0.2) is 13.4 Å². The Morgan fingerprint density at radius 2 is 2.17 bits per heavy atom. The Labute approximate surface area is 116 Å². The van der Waals surface area contributed by atoms with E-state index >= 15 is 0 Å². The van der Waals surface area contributed by atoms with Gasteiger partial charge in [0.2, 0.25) is 10.0 Å². The Bertz CT molecular complexity index is 569. The average Bonchev–Trinajstić information content (AvgIpc) is 2.33. The van der Waals surface area contributed by atoms with Crippen molar-refractivity contribution in [1.82, 2.24) is 9.29 Å². The molecule has 0 fully saturated rings. The number of sulfonamides is 1. The molecule has 0 radical (unpaired) electrons. The summed E-state index contributed by atoms with van der Waals surface area (Å²) in [5.74, 6) is 0. The standard InChI is InChI=1S/C10H11Cl2N3O2S/c1-2-15(5-3-4-13)18(16,17)8-6-9(11)10(12)14-7-8/h6-7H,2-3,5H2,1H3. The predicted molar refractivity (Wildman–Crippen MR) is 68.9 cm³/mol. The molecule has 0 atom stereocenters. The smallest absolute Gasteiger partial charge is 0.242 e. The minimum atomic E-state index is -3.69. The molecule has 0 bridgehead atoms. The zero-order valence-electron chi connectivity index (χ0n) is 9.60. The molecule has 0 spiro atoms. The number of halogens is 2. The number of pyridine rings is 1. The number of nitriles is 1. The first-order valence-corrected chi connectivity index (χ1v) is 7.31. The van der Waals surface area contributed by atoms with Crippen molar-refractivity contribution in [2.45, 2.75) is 18.2 Å². The van der Waals surface area contributed by atoms with Gasteiger partial charge in [0.25, 0.3) is 0 Å². The normalized spacial score (nSPS) is 11.5. The highest BCUT2D eigenvalue weighted by molar-refractivity contribution is 7.89. The molecule has 0 amide bonds. The fourth-order valence-corrected chi connectivity index (χ4v) is 3.07. The molecule has 0 saturated heterocycles. The van der Waals surface area contributed by atoms with Crippen molar-refractivity contribution < 1.29 is 8.42 Å². The maximum atomic E-state index is 12.2. The maximum absolute atomic E-state index is 12.2. The van der Waals surface area contributed by atoms with Crippen molar-refractivity contribution in [2.24, 2.45) is 0 Å². The van der Waals surface area contributed by atoms with Crippen molar-refractivity contribution in [3.05, 3.63) is 22.4 Å². The molecule has 5 nitrogen and oxygen atoms in total. The highest BCUT2D eigenvalue weighted by Gasteiger charge is 2.23. The third kappa shape index (κ3) is 3.33. The van der Waals surface area contributed by atoms with E-state index in [0.29, 0.717) is 0 Å². The minimum Gasteiger partial charge on any atom is -0.242 e. The molecule has 0 unspecified atom stereocenters. The number of nitrogens with zero attached hydrogens (tertiary/aromatic N) is 3. The molecule has 0 saturated carbocycles. The Morgan fingerprint density at radius 1 is 1.50 bits per heavy atom. The van der Waals surface area contributed by atoms with E-state index in [2.05, 4.69) is 4.98 Å². The van der Waals surface area contributed by atoms with Gasteiger partial charge in [0, 0.05) is 25.7 Å². The second-order valence-electron chi connectivity index (χ2n) is 3.35. The van der Waals surface area contributed by atoms with E-state index in [-0.39, 0.29) is 34.6 Å². The van der Waals surface area contributed by atoms with Crippen LogP contribution >= 0.6 is 23.2 Å². The van der Waals surface area contributed by atoms with Crippen LogP contribution < -0.4 is 0 Å². The fraction of sp³-hybridized carbons (Fsp3) is 0.400. The van der Waals surface area contributed by atoms with Gasteiger partial charge >= 0.3 is 0 Å². The molecule has 1 aromatic heterocycles. The molecule has 0 N–H and O–H groups in total. The van der Waals surface area contributed by atoms with Gasteiger partial charge in [-0.3, -0.25) is 0 Å². The molecule has 18 heavy (non-hydrogen) atoms. The Morgan fingerprint density at radius 3 is 2.67 bits per heavy atom. The molecule has 98 valence electrons. The molecule has 1 aromatic rings. The van der Waals surface area contributed by atoms with E-state index in [9.17, 15) is 8.42 Å². The number of hydrogen-bond acceptors (Lipinski definition) is 4. The van der Waals surface area contributed by atoms with Crippen LogP contribution in [0.2, 0.25) is 10.2 Å². The summed E-state index contributed by atoms with van der Waals surface area (Å²) >= 11 is 11.4. The molecule has 0 aromatic carbocycles. The molecule has 1 heterocycles. The zero-order chi connectivity index (χ0) is 13.8. The number of rotatable bonds is 5. The van der Waals surface area contributed by atoms with Crippen LogP contribution in [0.25, 0.3) is 0 Å². The lowest BCUT2D eigenvalue weighted by Gasteiger charge is -2.19. The lowest BCUT2D eigenvalue weighted by molar-refractivity contribution is 0.434. The summed E-state index contributed by atoms with van der Waals surface area (Å²) in [6.07, 6.45) is 1.28. The largest absolute Gasteiger partial charge is 0.244 e. The minimum absolute atomic E-state index is 0.0308. The molecular weight excluding hydrogens is 297 g/mol. The van der Waals surface area contributed by atoms with Crippen molar-refractivity contribution in [3.8, 4) is 6.07 Å². The Hall–Kier alpha value is -0.870. The van der Waals surface area contributed by atoms with Gasteiger partial charge in [0.15, 0.2) is 0 Å². The number of aromatic nitrogens is 1. The molecular formula is C10H11Cl2N3O2S. The summed E-state index contributed by atoms with van der Waals surface area (Å²) in [4.78, 5) is 3.67. The summed E-state index contributed by atoms with van der Waals surface area (Å²) in [6.45, 7) is 2.10. The van der Waals surface area contributed by atoms with Gasteiger partial charge in [-0.1, -0.05) is 30.1 Å². The molecule has 1 rings (SSSR count). The summed E-state index contributed by atoms with van der Waals surface area (Å²) < 4.78 is 25.6. The van der Waals surface area contributed by atoms with Crippen LogP contribution in [0.1, 0.15) is 13.3 Å². The first-order valence-electron chi connectivity index (χ1n) is 5.11. The molecule has 0 aliphatic heterocycles. The van der Waals surface area contributed by atoms with Gasteiger partial charge in [0.05, 0.1) is 11.1 Å². The fourth-order valence-electron chi connectivity index (χ4n) is 1.32. The third-order valence-corrected chi connectivity index (χ3v) is 4.86. The summed E-state index contributed by atoms with van der Waals surface area (Å²) in [5.41, 5.74) is 0. The van der Waals surface area contributed by atoms with Gasteiger partial charge in [0.1, 0.15) is 10.0 Å². The Balaban J connectivity index is 3.11. The van der Waals surface area contributed by atoms with Crippen LogP contribution in [0.4, 0.5) is 0 Å². The van der Waals surface area contributed by atoms with E-state index in [1.54, 1.807) is 6.92 Å². The van der Waals surface area contributed by atoms with Gasteiger partial charge in [-0.2, -0.15) is 9.57 Å². The van der Waals surface area contributed by atoms with Crippen LogP contribution in [0, 0.1) is 11.3 Å². The van der Waals surface area contributed by atoms with Crippen LogP contribution in [-0.2, 0) is 10.0 Å². The van der Waals surface area contributed by atoms with Crippen molar-refractivity contribution in [1.29, 1.82) is 5.26 Å². The van der Waals surface area contributed by atoms with Crippen molar-refractivity contribution in [2.75, 3.05) is 13.1 Å². The van der Waals surface area contributed by atoms with E-state index in [4.69, 9.17) is 28.5 Å². The van der Waals surface area contributed by atoms with Gasteiger partial charge in [-0.15, -0.1) is 0 Å². The SMILES string of the molecule is CCN(CCC#N)S(=O)(=O)c1cnc(Cl)c(Cl)c1. The number of hydrogen-bond donors (Lipinski definition) is 0. The summed E-state index contributed by atoms with van der Waals surface area (Å²) in [6, 6.07) is 3.16. The quantitative estimate of drug-likeness (QED) is 0.782. The third-order valence-electron chi connectivity index (χ3n) is 2.23. The van der Waals surface area contributed by atoms with Gasteiger partial charge in [-0.05, 0) is 6.07 Å². The van der Waals surface area contributed by atoms with E-state index < -0.39 is 10.0 Å². The first kappa shape index (κ1) is 15.2. The zero-order valence-corrected chi connectivity index (χ0v) is 11.9. The maximum Gasteiger partial charge on any atom is 0.244 e. The lowest BCUT2D eigenvalue weighted by Crippen LogP contribution is -2.31. The molecule has 0 aliphatic carbocycles. The highest BCUT2D eigenvalue weighted by Crippen LogP contribution is 2.24. The summed E-state index contributed by atoms with van der Waals surface area (Å²) in [5, 5.41) is 8.63. The monoisotopic (exact) mass is 307 g/mol. The second kappa shape index (κ2) is 6.34. The first-order chi connectivity index (χ1) is 8.43. The van der Waals surface area contributed by atoms with Crippen LogP contribution in [0.5, 0.6) is 0 Å². The molecule has 8 heteroatoms. The van der Waals surface area contributed by atoms with E-state index in [1.807, 2.05) is 6.07 Å². The average molecular weight is 308 g/mol. The van der Waals surface area contributed by atoms with Crippen molar-refractivity contribution in [3.63, 3.8) is 0 Å². The van der Waals surface area contributed by atoms with Gasteiger partial charge < -0.3 is 0 Å². The molecule has 0 aliphatic rings. The second-order valence-corrected chi connectivity index (χ2v) is 6.05. The predicted octanol–water partition coefficient (Wildman–Crippen LogP) is 2.31. The summed E-state index contributed by atoms with van der Waals surface area (Å²) in [7, 11) is -3.69. The van der Waals surface area contributed by atoms with E-state index in [1.165, 1.54) is 10.4 Å². The van der Waals surface area contributed by atoms with Crippen LogP contribution in [-0.4, -0.2) is 30.8 Å². The Kier molecular flexibility index (Phi) is 5.35. The van der Waals surface area contributed by atoms with Crippen LogP contribution in [0.15, 0.2) is 17.2 Å². The highest BCUT2D eigenvalue weighted by atomic mass is 35.5. The topological polar surface area (TPSA) is 74.1 Å². The lowest BCUT2D eigenvalue weighted by atomic mass is 10.5. The van der Waals surface area contributed by atoms with E-state index in [0.717, 1.165) is 6.20 Å². The van der Waals surface area contributed by atoms with Crippen LogP contribution in [0.3, 0.4) is 0 Å². The van der Waals surface area contributed by atoms with Crippen molar-refractivity contribution >= 4 is 33.2 Å².